The van der Waals surface area contributed by atoms with Crippen LogP contribution in [0.15, 0.2) is 24.9 Å². The Labute approximate surface area is 79.4 Å². The van der Waals surface area contributed by atoms with E-state index in [1.807, 2.05) is 0 Å². The summed E-state index contributed by atoms with van der Waals surface area (Å²) in [6, 6.07) is 0. The van der Waals surface area contributed by atoms with Gasteiger partial charge in [0.05, 0.1) is 12.1 Å². The molecule has 0 saturated carbocycles. The molecule has 0 aliphatic carbocycles. The molecule has 0 saturated heterocycles. The molecule has 0 aromatic rings. The average Bonchev–Trinajstić information content (AvgIpc) is 1.97. The lowest BCUT2D eigenvalue weighted by molar-refractivity contribution is -0.126. The lowest BCUT2D eigenvalue weighted by atomic mass is 10.1. The molecule has 3 heteroatoms. The molecule has 0 radical (unpaired) electrons. The zero-order valence-corrected chi connectivity index (χ0v) is 8.50. The van der Waals surface area contributed by atoms with E-state index >= 15 is 0 Å². The second-order valence-electron chi connectivity index (χ2n) is 3.71. The Bertz CT molecular complexity index is 226. The number of nitrogens with zero attached hydrogens (tertiary/aromatic N) is 1. The summed E-state index contributed by atoms with van der Waals surface area (Å²) < 4.78 is 0. The Kier molecular flexibility index (Phi) is 3.88. The average molecular weight is 183 g/mol. The van der Waals surface area contributed by atoms with Crippen LogP contribution >= 0.6 is 0 Å². The van der Waals surface area contributed by atoms with Gasteiger partial charge in [-0.15, -0.1) is 0 Å². The number of carbonyl (C=O) groups excluding carboxylic acids is 1. The van der Waals surface area contributed by atoms with Crippen LogP contribution in [0.25, 0.3) is 0 Å². The van der Waals surface area contributed by atoms with Crippen molar-refractivity contribution >= 4 is 5.91 Å². The molecule has 0 aliphatic rings. The van der Waals surface area contributed by atoms with Crippen LogP contribution in [0.3, 0.4) is 0 Å². The minimum absolute atomic E-state index is 0.211. The SMILES string of the molecule is C=CN(CC(C)(C)O)C(=O)C(=C)C. The maximum Gasteiger partial charge on any atom is 0.252 e. The topological polar surface area (TPSA) is 40.5 Å². The van der Waals surface area contributed by atoms with E-state index in [2.05, 4.69) is 13.2 Å². The second kappa shape index (κ2) is 4.23. The predicted octanol–water partition coefficient (Wildman–Crippen LogP) is 1.31. The van der Waals surface area contributed by atoms with Crippen LogP contribution in [-0.4, -0.2) is 28.1 Å². The summed E-state index contributed by atoms with van der Waals surface area (Å²) in [7, 11) is 0. The molecule has 13 heavy (non-hydrogen) atoms. The molecule has 74 valence electrons. The predicted molar refractivity (Wildman–Crippen MR) is 53.0 cm³/mol. The van der Waals surface area contributed by atoms with Crippen LogP contribution < -0.4 is 0 Å². The maximum atomic E-state index is 11.4. The van der Waals surface area contributed by atoms with Gasteiger partial charge in [-0.05, 0) is 27.0 Å². The van der Waals surface area contributed by atoms with E-state index in [0.29, 0.717) is 5.57 Å². The van der Waals surface area contributed by atoms with Gasteiger partial charge in [0.1, 0.15) is 0 Å². The van der Waals surface area contributed by atoms with Crippen molar-refractivity contribution < 1.29 is 9.90 Å². The lowest BCUT2D eigenvalue weighted by Crippen LogP contribution is -2.39. The first-order valence-electron chi connectivity index (χ1n) is 4.09. The highest BCUT2D eigenvalue weighted by Crippen LogP contribution is 2.07. The summed E-state index contributed by atoms with van der Waals surface area (Å²) >= 11 is 0. The van der Waals surface area contributed by atoms with E-state index in [9.17, 15) is 9.90 Å². The summed E-state index contributed by atoms with van der Waals surface area (Å²) in [5, 5.41) is 9.48. The van der Waals surface area contributed by atoms with Gasteiger partial charge in [-0.3, -0.25) is 4.79 Å². The molecule has 0 aromatic carbocycles. The molecule has 0 rings (SSSR count). The van der Waals surface area contributed by atoms with Gasteiger partial charge in [0.15, 0.2) is 0 Å². The van der Waals surface area contributed by atoms with Crippen LogP contribution in [0.1, 0.15) is 20.8 Å². The normalized spacial score (nSPS) is 10.8. The van der Waals surface area contributed by atoms with Gasteiger partial charge >= 0.3 is 0 Å². The third kappa shape index (κ3) is 4.48. The molecule has 3 nitrogen and oxygen atoms in total. The van der Waals surface area contributed by atoms with Gasteiger partial charge in [0.25, 0.3) is 5.91 Å². The molecule has 0 spiro atoms. The highest BCUT2D eigenvalue weighted by atomic mass is 16.3. The zero-order valence-electron chi connectivity index (χ0n) is 8.50. The molecular weight excluding hydrogens is 166 g/mol. The summed E-state index contributed by atoms with van der Waals surface area (Å²) in [6.07, 6.45) is 1.40. The Morgan fingerprint density at radius 3 is 2.31 bits per heavy atom. The maximum absolute atomic E-state index is 11.4. The number of aliphatic hydroxyl groups is 1. The van der Waals surface area contributed by atoms with E-state index in [1.54, 1.807) is 20.8 Å². The highest BCUT2D eigenvalue weighted by molar-refractivity contribution is 5.92. The van der Waals surface area contributed by atoms with Crippen molar-refractivity contribution in [3.05, 3.63) is 24.9 Å². The highest BCUT2D eigenvalue weighted by Gasteiger charge is 2.20. The van der Waals surface area contributed by atoms with Gasteiger partial charge in [-0.25, -0.2) is 0 Å². The smallest absolute Gasteiger partial charge is 0.252 e. The molecule has 0 aromatic heterocycles. The van der Waals surface area contributed by atoms with Crippen molar-refractivity contribution in [2.45, 2.75) is 26.4 Å². The summed E-state index contributed by atoms with van der Waals surface area (Å²) in [5.41, 5.74) is -0.483. The van der Waals surface area contributed by atoms with Crippen molar-refractivity contribution in [1.29, 1.82) is 0 Å². The molecule has 0 fully saturated rings. The molecule has 0 atom stereocenters. The van der Waals surface area contributed by atoms with Crippen molar-refractivity contribution in [3.63, 3.8) is 0 Å². The number of amides is 1. The van der Waals surface area contributed by atoms with Gasteiger partial charge in [-0.2, -0.15) is 0 Å². The molecule has 1 N–H and O–H groups in total. The molecular formula is C10H17NO2. The number of rotatable bonds is 4. The van der Waals surface area contributed by atoms with E-state index in [0.717, 1.165) is 0 Å². The van der Waals surface area contributed by atoms with E-state index in [4.69, 9.17) is 0 Å². The largest absolute Gasteiger partial charge is 0.389 e. The van der Waals surface area contributed by atoms with Gasteiger partial charge in [0.2, 0.25) is 0 Å². The Morgan fingerprint density at radius 2 is 2.08 bits per heavy atom. The first kappa shape index (κ1) is 11.9. The van der Waals surface area contributed by atoms with Crippen LogP contribution in [0, 0.1) is 0 Å². The van der Waals surface area contributed by atoms with E-state index in [-0.39, 0.29) is 12.5 Å². The Balaban J connectivity index is 4.45. The standard InChI is InChI=1S/C10H17NO2/c1-6-11(7-10(4,5)13)9(12)8(2)3/h6,13H,1-2,7H2,3-5H3. The molecule has 1 amide bonds. The molecule has 0 unspecified atom stereocenters. The van der Waals surface area contributed by atoms with Gasteiger partial charge in [-0.1, -0.05) is 13.2 Å². The van der Waals surface area contributed by atoms with Crippen molar-refractivity contribution in [1.82, 2.24) is 4.90 Å². The van der Waals surface area contributed by atoms with Gasteiger partial charge < -0.3 is 10.0 Å². The number of hydrogen-bond acceptors (Lipinski definition) is 2. The molecule has 0 heterocycles. The number of hydrogen-bond donors (Lipinski definition) is 1. The first-order valence-corrected chi connectivity index (χ1v) is 4.09. The van der Waals surface area contributed by atoms with Gasteiger partial charge in [0, 0.05) is 5.57 Å². The van der Waals surface area contributed by atoms with Crippen molar-refractivity contribution in [2.24, 2.45) is 0 Å². The molecule has 0 bridgehead atoms. The van der Waals surface area contributed by atoms with E-state index < -0.39 is 5.60 Å². The second-order valence-corrected chi connectivity index (χ2v) is 3.71. The fraction of sp³-hybridized carbons (Fsp3) is 0.500. The van der Waals surface area contributed by atoms with E-state index in [1.165, 1.54) is 11.1 Å². The van der Waals surface area contributed by atoms with Crippen LogP contribution in [-0.2, 0) is 4.79 Å². The van der Waals surface area contributed by atoms with Crippen LogP contribution in [0.2, 0.25) is 0 Å². The quantitative estimate of drug-likeness (QED) is 0.667. The first-order chi connectivity index (χ1) is 5.78. The Hall–Kier alpha value is -1.09. The van der Waals surface area contributed by atoms with Crippen molar-refractivity contribution in [2.75, 3.05) is 6.54 Å². The minimum atomic E-state index is -0.917. The van der Waals surface area contributed by atoms with Crippen molar-refractivity contribution in [3.8, 4) is 0 Å². The fourth-order valence-corrected chi connectivity index (χ4v) is 0.881. The third-order valence-electron chi connectivity index (χ3n) is 1.40. The monoisotopic (exact) mass is 183 g/mol. The van der Waals surface area contributed by atoms with Crippen LogP contribution in [0.5, 0.6) is 0 Å². The molecule has 0 aliphatic heterocycles. The fourth-order valence-electron chi connectivity index (χ4n) is 0.881. The van der Waals surface area contributed by atoms with Crippen LogP contribution in [0.4, 0.5) is 0 Å². The third-order valence-corrected chi connectivity index (χ3v) is 1.40. The number of carbonyl (C=O) groups is 1. The lowest BCUT2D eigenvalue weighted by Gasteiger charge is -2.26. The summed E-state index contributed by atoms with van der Waals surface area (Å²) in [5.74, 6) is -0.211. The minimum Gasteiger partial charge on any atom is -0.389 e. The Morgan fingerprint density at radius 1 is 1.62 bits per heavy atom. The summed E-state index contributed by atoms with van der Waals surface area (Å²) in [4.78, 5) is 12.7. The zero-order chi connectivity index (χ0) is 10.6. The summed E-state index contributed by atoms with van der Waals surface area (Å²) in [6.45, 7) is 12.2.